The smallest absolute Gasteiger partial charge is 0.293 e. The average molecular weight is 389 g/mol. The minimum atomic E-state index is -0.424. The molecule has 1 saturated heterocycles. The van der Waals surface area contributed by atoms with Crippen molar-refractivity contribution >= 4 is 35.1 Å². The van der Waals surface area contributed by atoms with E-state index in [9.17, 15) is 14.9 Å². The monoisotopic (exact) mass is 388 g/mol. The van der Waals surface area contributed by atoms with E-state index < -0.39 is 10.8 Å². The van der Waals surface area contributed by atoms with Gasteiger partial charge in [0.15, 0.2) is 0 Å². The van der Waals surface area contributed by atoms with E-state index in [1.54, 1.807) is 30.3 Å². The van der Waals surface area contributed by atoms with Crippen molar-refractivity contribution in [1.82, 2.24) is 5.43 Å². The summed E-state index contributed by atoms with van der Waals surface area (Å²) in [6, 6.07) is 11.3. The Balaban J connectivity index is 1.73. The van der Waals surface area contributed by atoms with E-state index in [4.69, 9.17) is 16.3 Å². The zero-order valence-corrected chi connectivity index (χ0v) is 15.1. The van der Waals surface area contributed by atoms with Crippen LogP contribution in [0.4, 0.5) is 11.4 Å². The minimum absolute atomic E-state index is 0.0120. The Kier molecular flexibility index (Phi) is 6.00. The van der Waals surface area contributed by atoms with Crippen molar-refractivity contribution < 1.29 is 14.5 Å². The van der Waals surface area contributed by atoms with Crippen LogP contribution in [-0.4, -0.2) is 43.3 Å². The van der Waals surface area contributed by atoms with Gasteiger partial charge in [0.25, 0.3) is 11.6 Å². The molecule has 0 aromatic heterocycles. The number of nitro groups is 1. The van der Waals surface area contributed by atoms with Gasteiger partial charge >= 0.3 is 0 Å². The first kappa shape index (κ1) is 18.8. The third-order valence-corrected chi connectivity index (χ3v) is 4.25. The van der Waals surface area contributed by atoms with Crippen LogP contribution in [0.5, 0.6) is 0 Å². The van der Waals surface area contributed by atoms with Crippen molar-refractivity contribution in [3.05, 3.63) is 68.7 Å². The number of nitrogens with one attached hydrogen (secondary N) is 1. The van der Waals surface area contributed by atoms with Gasteiger partial charge in [-0.05, 0) is 24.3 Å². The Hall–Kier alpha value is -2.97. The summed E-state index contributed by atoms with van der Waals surface area (Å²) in [4.78, 5) is 24.9. The van der Waals surface area contributed by atoms with Gasteiger partial charge in [-0.3, -0.25) is 14.9 Å². The largest absolute Gasteiger partial charge is 0.378 e. The number of nitrogens with zero attached hydrogens (tertiary/aromatic N) is 3. The Labute approximate surface area is 160 Å². The molecule has 0 bridgehead atoms. The highest BCUT2D eigenvalue weighted by Crippen LogP contribution is 2.29. The lowest BCUT2D eigenvalue weighted by Gasteiger charge is -2.28. The predicted octanol–water partition coefficient (Wildman–Crippen LogP) is 2.85. The number of hydrogen-bond acceptors (Lipinski definition) is 6. The van der Waals surface area contributed by atoms with Crippen molar-refractivity contribution in [2.24, 2.45) is 5.10 Å². The second-order valence-electron chi connectivity index (χ2n) is 5.81. The number of halogens is 1. The quantitative estimate of drug-likeness (QED) is 0.482. The zero-order valence-electron chi connectivity index (χ0n) is 14.3. The number of amides is 1. The third-order valence-electron chi connectivity index (χ3n) is 4.01. The molecule has 0 saturated carbocycles. The minimum Gasteiger partial charge on any atom is -0.378 e. The summed E-state index contributed by atoms with van der Waals surface area (Å²) in [6.07, 6.45) is 1.36. The van der Waals surface area contributed by atoms with Crippen molar-refractivity contribution in [2.75, 3.05) is 31.2 Å². The molecule has 0 spiro atoms. The maximum Gasteiger partial charge on any atom is 0.293 e. The standard InChI is InChI=1S/C18H17ClN4O4/c19-15-3-1-2-14(11-15)18(24)21-20-12-13-4-5-16(17(10-13)23(25)26)22-6-8-27-9-7-22/h1-5,10-12H,6-9H2,(H,21,24)/b20-12-. The van der Waals surface area contributed by atoms with Crippen LogP contribution in [0.3, 0.4) is 0 Å². The van der Waals surface area contributed by atoms with E-state index >= 15 is 0 Å². The molecule has 9 heteroatoms. The molecule has 1 amide bonds. The second-order valence-corrected chi connectivity index (χ2v) is 6.25. The molecule has 0 radical (unpaired) electrons. The molecular formula is C18H17ClN4O4. The summed E-state index contributed by atoms with van der Waals surface area (Å²) in [5.41, 5.74) is 3.78. The first-order valence-corrected chi connectivity index (χ1v) is 8.62. The molecular weight excluding hydrogens is 372 g/mol. The van der Waals surface area contributed by atoms with Crippen LogP contribution in [0, 0.1) is 10.1 Å². The van der Waals surface area contributed by atoms with Crippen molar-refractivity contribution in [1.29, 1.82) is 0 Å². The van der Waals surface area contributed by atoms with Gasteiger partial charge in [0.1, 0.15) is 5.69 Å². The molecule has 0 aliphatic carbocycles. The number of hydrazone groups is 1. The van der Waals surface area contributed by atoms with Gasteiger partial charge in [-0.15, -0.1) is 0 Å². The Morgan fingerprint density at radius 1 is 1.26 bits per heavy atom. The summed E-state index contributed by atoms with van der Waals surface area (Å²) in [7, 11) is 0. The van der Waals surface area contributed by atoms with Crippen LogP contribution in [0.1, 0.15) is 15.9 Å². The molecule has 1 aliphatic rings. The lowest BCUT2D eigenvalue weighted by atomic mass is 10.1. The molecule has 0 unspecified atom stereocenters. The van der Waals surface area contributed by atoms with Crippen molar-refractivity contribution in [3.8, 4) is 0 Å². The summed E-state index contributed by atoms with van der Waals surface area (Å²) >= 11 is 5.85. The van der Waals surface area contributed by atoms with E-state index in [0.717, 1.165) is 0 Å². The second kappa shape index (κ2) is 8.61. The normalized spacial score (nSPS) is 14.3. The van der Waals surface area contributed by atoms with Gasteiger partial charge in [-0.25, -0.2) is 5.43 Å². The van der Waals surface area contributed by atoms with Crippen LogP contribution in [0.2, 0.25) is 5.02 Å². The van der Waals surface area contributed by atoms with Gasteiger partial charge in [-0.1, -0.05) is 23.7 Å². The van der Waals surface area contributed by atoms with Gasteiger partial charge in [0.2, 0.25) is 0 Å². The number of anilines is 1. The third kappa shape index (κ3) is 4.81. The molecule has 2 aromatic carbocycles. The molecule has 3 rings (SSSR count). The van der Waals surface area contributed by atoms with E-state index in [2.05, 4.69) is 10.5 Å². The van der Waals surface area contributed by atoms with Crippen LogP contribution < -0.4 is 10.3 Å². The first-order valence-electron chi connectivity index (χ1n) is 8.25. The van der Waals surface area contributed by atoms with Crippen molar-refractivity contribution in [3.63, 3.8) is 0 Å². The fraction of sp³-hybridized carbons (Fsp3) is 0.222. The molecule has 1 N–H and O–H groups in total. The lowest BCUT2D eigenvalue weighted by molar-refractivity contribution is -0.384. The van der Waals surface area contributed by atoms with Crippen LogP contribution in [0.25, 0.3) is 0 Å². The van der Waals surface area contributed by atoms with Crippen LogP contribution in [-0.2, 0) is 4.74 Å². The van der Waals surface area contributed by atoms with E-state index in [-0.39, 0.29) is 5.69 Å². The number of benzene rings is 2. The van der Waals surface area contributed by atoms with Gasteiger partial charge in [-0.2, -0.15) is 5.10 Å². The summed E-state index contributed by atoms with van der Waals surface area (Å²) in [5.74, 6) is -0.423. The molecule has 1 aliphatic heterocycles. The fourth-order valence-electron chi connectivity index (χ4n) is 2.70. The highest BCUT2D eigenvalue weighted by Gasteiger charge is 2.21. The van der Waals surface area contributed by atoms with Gasteiger partial charge < -0.3 is 9.64 Å². The maximum absolute atomic E-state index is 12.0. The zero-order chi connectivity index (χ0) is 19.2. The number of morpholine rings is 1. The Morgan fingerprint density at radius 3 is 2.74 bits per heavy atom. The van der Waals surface area contributed by atoms with E-state index in [0.29, 0.717) is 48.1 Å². The summed E-state index contributed by atoms with van der Waals surface area (Å²) < 4.78 is 5.28. The summed E-state index contributed by atoms with van der Waals surface area (Å²) in [5, 5.41) is 15.7. The molecule has 27 heavy (non-hydrogen) atoms. The van der Waals surface area contributed by atoms with Crippen LogP contribution in [0.15, 0.2) is 47.6 Å². The average Bonchev–Trinajstić information content (AvgIpc) is 2.68. The van der Waals surface area contributed by atoms with E-state index in [1.165, 1.54) is 18.3 Å². The van der Waals surface area contributed by atoms with Gasteiger partial charge in [0.05, 0.1) is 24.4 Å². The predicted molar refractivity (Wildman–Crippen MR) is 103 cm³/mol. The van der Waals surface area contributed by atoms with Crippen molar-refractivity contribution in [2.45, 2.75) is 0 Å². The molecule has 1 heterocycles. The maximum atomic E-state index is 12.0. The highest BCUT2D eigenvalue weighted by molar-refractivity contribution is 6.30. The van der Waals surface area contributed by atoms with Crippen LogP contribution >= 0.6 is 11.6 Å². The Morgan fingerprint density at radius 2 is 2.04 bits per heavy atom. The van der Waals surface area contributed by atoms with Gasteiger partial charge in [0, 0.05) is 35.3 Å². The fourth-order valence-corrected chi connectivity index (χ4v) is 2.89. The number of hydrogen-bond donors (Lipinski definition) is 1. The number of rotatable bonds is 5. The van der Waals surface area contributed by atoms with E-state index in [1.807, 2.05) is 4.90 Å². The highest BCUT2D eigenvalue weighted by atomic mass is 35.5. The number of carbonyl (C=O) groups excluding carboxylic acids is 1. The molecule has 140 valence electrons. The number of nitro benzene ring substituents is 1. The lowest BCUT2D eigenvalue weighted by Crippen LogP contribution is -2.36. The molecule has 0 atom stereocenters. The Bertz CT molecular complexity index is 881. The topological polar surface area (TPSA) is 97.1 Å². The molecule has 8 nitrogen and oxygen atoms in total. The SMILES string of the molecule is O=C(N/N=C\c1ccc(N2CCOCC2)c([N+](=O)[O-])c1)c1cccc(Cl)c1. The summed E-state index contributed by atoms with van der Waals surface area (Å²) in [6.45, 7) is 2.28. The first-order chi connectivity index (χ1) is 13.0. The number of carbonyl (C=O) groups is 1. The number of ether oxygens (including phenoxy) is 1. The molecule has 1 fully saturated rings. The molecule has 2 aromatic rings.